The zero-order valence-electron chi connectivity index (χ0n) is 10.9. The molecule has 0 amide bonds. The van der Waals surface area contributed by atoms with Crippen LogP contribution in [0.15, 0.2) is 40.9 Å². The molecule has 0 radical (unpaired) electrons. The molecule has 21 heavy (non-hydrogen) atoms. The molecule has 2 aromatic carbocycles. The van der Waals surface area contributed by atoms with Crippen LogP contribution in [0.25, 0.3) is 0 Å². The lowest BCUT2D eigenvalue weighted by atomic mass is 10.1. The molecule has 2 aromatic rings. The number of rotatable bonds is 4. The van der Waals surface area contributed by atoms with E-state index in [4.69, 9.17) is 23.2 Å². The van der Waals surface area contributed by atoms with Gasteiger partial charge in [0.1, 0.15) is 0 Å². The first-order chi connectivity index (χ1) is 9.88. The molecule has 0 aliphatic carbocycles. The van der Waals surface area contributed by atoms with Gasteiger partial charge in [0.05, 0.1) is 15.4 Å². The molecule has 110 valence electrons. The Morgan fingerprint density at radius 2 is 1.95 bits per heavy atom. The summed E-state index contributed by atoms with van der Waals surface area (Å²) in [7, 11) is 0. The van der Waals surface area contributed by atoms with Crippen LogP contribution in [0, 0.1) is 10.1 Å². The number of nitro benzene ring substituents is 1. The van der Waals surface area contributed by atoms with Crippen LogP contribution < -0.4 is 5.32 Å². The van der Waals surface area contributed by atoms with Gasteiger partial charge in [0.15, 0.2) is 0 Å². The predicted molar refractivity (Wildman–Crippen MR) is 89.3 cm³/mol. The second kappa shape index (κ2) is 6.64. The van der Waals surface area contributed by atoms with Crippen molar-refractivity contribution in [1.29, 1.82) is 0 Å². The number of benzene rings is 2. The molecule has 0 fully saturated rings. The Balaban J connectivity index is 2.23. The summed E-state index contributed by atoms with van der Waals surface area (Å²) in [5.41, 5.74) is 1.63. The highest BCUT2D eigenvalue weighted by molar-refractivity contribution is 9.10. The summed E-state index contributed by atoms with van der Waals surface area (Å²) in [6.45, 7) is 1.94. The van der Waals surface area contributed by atoms with E-state index < -0.39 is 4.92 Å². The number of nitro groups is 1. The van der Waals surface area contributed by atoms with Gasteiger partial charge in [0.25, 0.3) is 5.69 Å². The van der Waals surface area contributed by atoms with Crippen molar-refractivity contribution < 1.29 is 4.92 Å². The number of hydrogen-bond acceptors (Lipinski definition) is 3. The van der Waals surface area contributed by atoms with Crippen molar-refractivity contribution in [2.24, 2.45) is 0 Å². The first kappa shape index (κ1) is 16.1. The summed E-state index contributed by atoms with van der Waals surface area (Å²) < 4.78 is 0.418. The molecule has 1 atom stereocenters. The highest BCUT2D eigenvalue weighted by atomic mass is 79.9. The molecule has 0 aliphatic heterocycles. The van der Waals surface area contributed by atoms with E-state index in [1.165, 1.54) is 6.07 Å². The average molecular weight is 390 g/mol. The van der Waals surface area contributed by atoms with Crippen LogP contribution in [0.3, 0.4) is 0 Å². The maximum absolute atomic E-state index is 10.8. The highest BCUT2D eigenvalue weighted by Crippen LogP contribution is 2.32. The van der Waals surface area contributed by atoms with E-state index in [1.807, 2.05) is 6.92 Å². The fraction of sp³-hybridized carbons (Fsp3) is 0.143. The van der Waals surface area contributed by atoms with Crippen molar-refractivity contribution in [3.63, 3.8) is 0 Å². The SMILES string of the molecule is CC(Nc1ccc([N+](=O)[O-])c(Br)c1)c1cc(Cl)ccc1Cl. The average Bonchev–Trinajstić information content (AvgIpc) is 2.41. The first-order valence-electron chi connectivity index (χ1n) is 6.04. The highest BCUT2D eigenvalue weighted by Gasteiger charge is 2.14. The Kier molecular flexibility index (Phi) is 5.08. The van der Waals surface area contributed by atoms with Gasteiger partial charge >= 0.3 is 0 Å². The number of hydrogen-bond donors (Lipinski definition) is 1. The van der Waals surface area contributed by atoms with Crippen LogP contribution in [-0.4, -0.2) is 4.92 Å². The molecule has 0 aliphatic rings. The molecule has 4 nitrogen and oxygen atoms in total. The fourth-order valence-electron chi connectivity index (χ4n) is 1.92. The van der Waals surface area contributed by atoms with E-state index >= 15 is 0 Å². The number of anilines is 1. The zero-order chi connectivity index (χ0) is 15.6. The normalized spacial score (nSPS) is 12.0. The Morgan fingerprint density at radius 3 is 2.57 bits per heavy atom. The van der Waals surface area contributed by atoms with Crippen LogP contribution in [-0.2, 0) is 0 Å². The van der Waals surface area contributed by atoms with Crippen LogP contribution >= 0.6 is 39.1 Å². The van der Waals surface area contributed by atoms with Crippen molar-refractivity contribution in [3.8, 4) is 0 Å². The van der Waals surface area contributed by atoms with E-state index in [2.05, 4.69) is 21.2 Å². The molecule has 1 N–H and O–H groups in total. The smallest absolute Gasteiger partial charge is 0.283 e. The third-order valence-corrected chi connectivity index (χ3v) is 4.17. The molecular weight excluding hydrogens is 379 g/mol. The van der Waals surface area contributed by atoms with E-state index in [0.717, 1.165) is 11.3 Å². The van der Waals surface area contributed by atoms with Gasteiger partial charge in [0, 0.05) is 21.8 Å². The summed E-state index contributed by atoms with van der Waals surface area (Å²) in [5.74, 6) is 0. The van der Waals surface area contributed by atoms with Crippen LogP contribution in [0.1, 0.15) is 18.5 Å². The lowest BCUT2D eigenvalue weighted by Crippen LogP contribution is -2.07. The van der Waals surface area contributed by atoms with Gasteiger partial charge in [-0.1, -0.05) is 23.2 Å². The summed E-state index contributed by atoms with van der Waals surface area (Å²) in [6, 6.07) is 9.92. The molecule has 2 rings (SSSR count). The third-order valence-electron chi connectivity index (χ3n) is 2.95. The standard InChI is InChI=1S/C14H11BrCl2N2O2/c1-8(11-6-9(16)2-4-13(11)17)18-10-3-5-14(19(20)21)12(15)7-10/h2-8,18H,1H3. The van der Waals surface area contributed by atoms with E-state index in [-0.39, 0.29) is 11.7 Å². The number of nitrogens with one attached hydrogen (secondary N) is 1. The van der Waals surface area contributed by atoms with Gasteiger partial charge in [-0.15, -0.1) is 0 Å². The molecule has 1 unspecified atom stereocenters. The molecule has 0 heterocycles. The zero-order valence-corrected chi connectivity index (χ0v) is 14.0. The molecule has 0 bridgehead atoms. The van der Waals surface area contributed by atoms with Crippen molar-refractivity contribution in [3.05, 3.63) is 66.6 Å². The largest absolute Gasteiger partial charge is 0.378 e. The minimum Gasteiger partial charge on any atom is -0.378 e. The molecule has 0 spiro atoms. The minimum absolute atomic E-state index is 0.0222. The van der Waals surface area contributed by atoms with Gasteiger partial charge < -0.3 is 5.32 Å². The Labute approximate surface area is 140 Å². The third kappa shape index (κ3) is 3.87. The van der Waals surface area contributed by atoms with Crippen molar-refractivity contribution >= 4 is 50.5 Å². The molecular formula is C14H11BrCl2N2O2. The number of halogens is 3. The minimum atomic E-state index is -0.439. The van der Waals surface area contributed by atoms with Crippen molar-refractivity contribution in [2.45, 2.75) is 13.0 Å². The van der Waals surface area contributed by atoms with E-state index in [0.29, 0.717) is 14.5 Å². The van der Waals surface area contributed by atoms with Gasteiger partial charge in [-0.05, 0) is 58.7 Å². The quantitative estimate of drug-likeness (QED) is 0.528. The van der Waals surface area contributed by atoms with Crippen LogP contribution in [0.2, 0.25) is 10.0 Å². The van der Waals surface area contributed by atoms with Gasteiger partial charge in [-0.2, -0.15) is 0 Å². The maximum Gasteiger partial charge on any atom is 0.283 e. The van der Waals surface area contributed by atoms with Gasteiger partial charge in [0.2, 0.25) is 0 Å². The molecule has 7 heteroatoms. The van der Waals surface area contributed by atoms with Gasteiger partial charge in [-0.25, -0.2) is 0 Å². The predicted octanol–water partition coefficient (Wildman–Crippen LogP) is 5.84. The second-order valence-corrected chi connectivity index (χ2v) is 6.15. The summed E-state index contributed by atoms with van der Waals surface area (Å²) in [5, 5.41) is 15.2. The Bertz CT molecular complexity index is 695. The van der Waals surface area contributed by atoms with Gasteiger partial charge in [-0.3, -0.25) is 10.1 Å². The van der Waals surface area contributed by atoms with Crippen LogP contribution in [0.5, 0.6) is 0 Å². The Hall–Kier alpha value is -1.30. The number of nitrogens with zero attached hydrogens (tertiary/aromatic N) is 1. The maximum atomic E-state index is 10.8. The molecule has 0 saturated carbocycles. The summed E-state index contributed by atoms with van der Waals surface area (Å²) in [6.07, 6.45) is 0. The fourth-order valence-corrected chi connectivity index (χ4v) is 2.90. The van der Waals surface area contributed by atoms with E-state index in [9.17, 15) is 10.1 Å². The summed E-state index contributed by atoms with van der Waals surface area (Å²) in [4.78, 5) is 10.3. The Morgan fingerprint density at radius 1 is 1.24 bits per heavy atom. The van der Waals surface area contributed by atoms with Crippen molar-refractivity contribution in [1.82, 2.24) is 0 Å². The molecule has 0 saturated heterocycles. The first-order valence-corrected chi connectivity index (χ1v) is 7.59. The molecule has 0 aromatic heterocycles. The van der Waals surface area contributed by atoms with Crippen molar-refractivity contribution in [2.75, 3.05) is 5.32 Å². The second-order valence-electron chi connectivity index (χ2n) is 4.46. The van der Waals surface area contributed by atoms with E-state index in [1.54, 1.807) is 30.3 Å². The lowest BCUT2D eigenvalue weighted by molar-refractivity contribution is -0.385. The van der Waals surface area contributed by atoms with Crippen LogP contribution in [0.4, 0.5) is 11.4 Å². The lowest BCUT2D eigenvalue weighted by Gasteiger charge is -2.17. The topological polar surface area (TPSA) is 55.2 Å². The summed E-state index contributed by atoms with van der Waals surface area (Å²) >= 11 is 15.3. The monoisotopic (exact) mass is 388 g/mol.